The van der Waals surface area contributed by atoms with Crippen LogP contribution >= 0.6 is 12.4 Å². The number of ether oxygens (including phenoxy) is 2. The Kier molecular flexibility index (Phi) is 7.21. The first-order chi connectivity index (χ1) is 12.6. The van der Waals surface area contributed by atoms with Crippen LogP contribution in [0.25, 0.3) is 5.65 Å². The van der Waals surface area contributed by atoms with E-state index in [4.69, 9.17) is 9.47 Å². The van der Waals surface area contributed by atoms with Crippen LogP contribution in [0.2, 0.25) is 0 Å². The van der Waals surface area contributed by atoms with Gasteiger partial charge in [-0.15, -0.1) is 12.4 Å². The summed E-state index contributed by atoms with van der Waals surface area (Å²) < 4.78 is 13.0. The summed E-state index contributed by atoms with van der Waals surface area (Å²) in [7, 11) is 5.60. The highest BCUT2D eigenvalue weighted by molar-refractivity contribution is 5.85. The van der Waals surface area contributed by atoms with Crippen molar-refractivity contribution in [3.05, 3.63) is 70.1 Å². The summed E-state index contributed by atoms with van der Waals surface area (Å²) in [6.07, 6.45) is 2.31. The van der Waals surface area contributed by atoms with E-state index in [1.54, 1.807) is 13.2 Å². The molecule has 0 aliphatic carbocycles. The number of pyridine rings is 1. The minimum atomic E-state index is -0.258. The fourth-order valence-electron chi connectivity index (χ4n) is 2.69. The summed E-state index contributed by atoms with van der Waals surface area (Å²) in [5.41, 5.74) is 1.87. The minimum Gasteiger partial charge on any atom is -0.497 e. The van der Waals surface area contributed by atoms with Crippen LogP contribution in [0.15, 0.2) is 53.5 Å². The topological polar surface area (TPSA) is 56.1 Å². The van der Waals surface area contributed by atoms with Crippen molar-refractivity contribution in [3.63, 3.8) is 0 Å². The molecule has 144 valence electrons. The number of aromatic nitrogens is 2. The molecule has 0 radical (unpaired) electrons. The lowest BCUT2D eigenvalue weighted by atomic mass is 10.1. The molecule has 0 bridgehead atoms. The summed E-state index contributed by atoms with van der Waals surface area (Å²) >= 11 is 0. The van der Waals surface area contributed by atoms with Crippen molar-refractivity contribution in [1.82, 2.24) is 14.3 Å². The van der Waals surface area contributed by atoms with E-state index in [1.165, 1.54) is 0 Å². The third kappa shape index (κ3) is 4.99. The van der Waals surface area contributed by atoms with Crippen LogP contribution in [0.1, 0.15) is 11.1 Å². The van der Waals surface area contributed by atoms with E-state index in [0.29, 0.717) is 30.1 Å². The number of fused-ring (bicyclic) bond motifs is 1. The lowest BCUT2D eigenvalue weighted by Gasteiger charge is -2.16. The maximum absolute atomic E-state index is 12.6. The minimum absolute atomic E-state index is 0. The Balaban J connectivity index is 0.00000261. The first-order valence-electron chi connectivity index (χ1n) is 8.49. The van der Waals surface area contributed by atoms with Gasteiger partial charge in [0.05, 0.1) is 12.7 Å². The second kappa shape index (κ2) is 9.39. The summed E-state index contributed by atoms with van der Waals surface area (Å²) in [6.45, 7) is 1.25. The second-order valence-corrected chi connectivity index (χ2v) is 6.31. The molecule has 27 heavy (non-hydrogen) atoms. The van der Waals surface area contributed by atoms with Gasteiger partial charge in [0, 0.05) is 19.2 Å². The zero-order valence-corrected chi connectivity index (χ0v) is 16.5. The maximum atomic E-state index is 12.6. The highest BCUT2D eigenvalue weighted by atomic mass is 35.5. The van der Waals surface area contributed by atoms with Crippen molar-refractivity contribution >= 4 is 18.1 Å². The molecule has 1 aromatic carbocycles. The SMILES string of the molecule is COc1ccc(Cc2c(OCCN(C)C)n3ccccc3nc2=O)cc1.Cl. The van der Waals surface area contributed by atoms with Gasteiger partial charge in [-0.25, -0.2) is 0 Å². The predicted molar refractivity (Wildman–Crippen MR) is 109 cm³/mol. The van der Waals surface area contributed by atoms with Gasteiger partial charge < -0.3 is 14.4 Å². The summed E-state index contributed by atoms with van der Waals surface area (Å²) in [6, 6.07) is 13.2. The molecule has 0 saturated heterocycles. The van der Waals surface area contributed by atoms with Crippen molar-refractivity contribution in [3.8, 4) is 11.6 Å². The van der Waals surface area contributed by atoms with Crippen LogP contribution in [0.5, 0.6) is 11.6 Å². The van der Waals surface area contributed by atoms with Crippen LogP contribution in [0.4, 0.5) is 0 Å². The number of rotatable bonds is 7. The molecule has 2 aromatic heterocycles. The zero-order chi connectivity index (χ0) is 18.5. The molecule has 3 aromatic rings. The average Bonchev–Trinajstić information content (AvgIpc) is 2.64. The van der Waals surface area contributed by atoms with Crippen molar-refractivity contribution in [1.29, 1.82) is 0 Å². The van der Waals surface area contributed by atoms with Gasteiger partial charge in [-0.2, -0.15) is 4.98 Å². The number of hydrogen-bond acceptors (Lipinski definition) is 5. The number of likely N-dealkylation sites (N-methyl/N-ethyl adjacent to an activating group) is 1. The average molecular weight is 390 g/mol. The molecule has 3 rings (SSSR count). The fourth-order valence-corrected chi connectivity index (χ4v) is 2.69. The van der Waals surface area contributed by atoms with Crippen molar-refractivity contribution in [2.24, 2.45) is 0 Å². The van der Waals surface area contributed by atoms with Crippen LogP contribution in [-0.4, -0.2) is 48.6 Å². The van der Waals surface area contributed by atoms with Gasteiger partial charge in [0.2, 0.25) is 5.88 Å². The Morgan fingerprint density at radius 1 is 1.11 bits per heavy atom. The highest BCUT2D eigenvalue weighted by Crippen LogP contribution is 2.21. The number of halogens is 1. The molecular weight excluding hydrogens is 366 g/mol. The summed E-state index contributed by atoms with van der Waals surface area (Å²) in [4.78, 5) is 18.9. The molecule has 0 saturated carbocycles. The van der Waals surface area contributed by atoms with Gasteiger partial charge in [-0.1, -0.05) is 18.2 Å². The lowest BCUT2D eigenvalue weighted by Crippen LogP contribution is -2.23. The van der Waals surface area contributed by atoms with E-state index in [0.717, 1.165) is 17.9 Å². The van der Waals surface area contributed by atoms with Gasteiger partial charge in [0.25, 0.3) is 5.56 Å². The Hall–Kier alpha value is -2.57. The molecule has 7 heteroatoms. The number of benzene rings is 1. The first-order valence-corrected chi connectivity index (χ1v) is 8.49. The molecule has 2 heterocycles. The van der Waals surface area contributed by atoms with Crippen LogP contribution in [-0.2, 0) is 6.42 Å². The second-order valence-electron chi connectivity index (χ2n) is 6.31. The zero-order valence-electron chi connectivity index (χ0n) is 15.7. The van der Waals surface area contributed by atoms with Crippen LogP contribution < -0.4 is 15.0 Å². The normalized spacial score (nSPS) is 10.7. The Labute approximate surface area is 164 Å². The smallest absolute Gasteiger partial charge is 0.280 e. The number of nitrogens with zero attached hydrogens (tertiary/aromatic N) is 3. The molecule has 0 atom stereocenters. The summed E-state index contributed by atoms with van der Waals surface area (Å²) in [5.74, 6) is 1.34. The number of methoxy groups -OCH3 is 1. The van der Waals surface area contributed by atoms with E-state index in [2.05, 4.69) is 4.98 Å². The molecule has 0 unspecified atom stereocenters. The Morgan fingerprint density at radius 2 is 1.85 bits per heavy atom. The molecule has 0 aliphatic heterocycles. The molecule has 6 nitrogen and oxygen atoms in total. The van der Waals surface area contributed by atoms with Gasteiger partial charge in [0.1, 0.15) is 18.0 Å². The van der Waals surface area contributed by atoms with Crippen molar-refractivity contribution in [2.75, 3.05) is 34.4 Å². The fraction of sp³-hybridized carbons (Fsp3) is 0.300. The quantitative estimate of drug-likeness (QED) is 0.621. The van der Waals surface area contributed by atoms with E-state index in [1.807, 2.05) is 66.0 Å². The third-order valence-electron chi connectivity index (χ3n) is 4.11. The predicted octanol–water partition coefficient (Wildman–Crippen LogP) is 2.66. The maximum Gasteiger partial charge on any atom is 0.280 e. The monoisotopic (exact) mass is 389 g/mol. The van der Waals surface area contributed by atoms with Gasteiger partial charge in [-0.05, 0) is 43.9 Å². The molecular formula is C20H24ClN3O3. The Bertz CT molecular complexity index is 939. The van der Waals surface area contributed by atoms with Crippen LogP contribution in [0.3, 0.4) is 0 Å². The molecule has 0 N–H and O–H groups in total. The highest BCUT2D eigenvalue weighted by Gasteiger charge is 2.15. The first kappa shape index (κ1) is 20.7. The van der Waals surface area contributed by atoms with Crippen molar-refractivity contribution in [2.45, 2.75) is 6.42 Å². The van der Waals surface area contributed by atoms with Gasteiger partial charge >= 0.3 is 0 Å². The largest absolute Gasteiger partial charge is 0.497 e. The summed E-state index contributed by atoms with van der Waals surface area (Å²) in [5, 5.41) is 0. The van der Waals surface area contributed by atoms with Gasteiger partial charge in [-0.3, -0.25) is 9.20 Å². The molecule has 0 spiro atoms. The van der Waals surface area contributed by atoms with Gasteiger partial charge in [0.15, 0.2) is 0 Å². The van der Waals surface area contributed by atoms with Crippen LogP contribution in [0, 0.1) is 0 Å². The molecule has 0 amide bonds. The molecule has 0 fully saturated rings. The standard InChI is InChI=1S/C20H23N3O3.ClH/c1-22(2)12-13-26-20-17(14-15-7-9-16(25-3)10-8-15)19(24)21-18-6-4-5-11-23(18)20;/h4-11H,12-14H2,1-3H3;1H. The Morgan fingerprint density at radius 3 is 2.52 bits per heavy atom. The van der Waals surface area contributed by atoms with E-state index >= 15 is 0 Å². The van der Waals surface area contributed by atoms with Crippen molar-refractivity contribution < 1.29 is 9.47 Å². The van der Waals surface area contributed by atoms with E-state index < -0.39 is 0 Å². The number of hydrogen-bond donors (Lipinski definition) is 0. The van der Waals surface area contributed by atoms with E-state index in [9.17, 15) is 4.79 Å². The molecule has 0 aliphatic rings. The van der Waals surface area contributed by atoms with E-state index in [-0.39, 0.29) is 18.0 Å². The third-order valence-corrected chi connectivity index (χ3v) is 4.11. The lowest BCUT2D eigenvalue weighted by molar-refractivity contribution is 0.249.